The van der Waals surface area contributed by atoms with Crippen LogP contribution in [0, 0.1) is 0 Å². The molecule has 1 unspecified atom stereocenters. The highest BCUT2D eigenvalue weighted by atomic mass is 16.6. The van der Waals surface area contributed by atoms with Crippen molar-refractivity contribution in [3.63, 3.8) is 0 Å². The summed E-state index contributed by atoms with van der Waals surface area (Å²) in [5.41, 5.74) is 5.59. The van der Waals surface area contributed by atoms with Crippen molar-refractivity contribution in [3.05, 3.63) is 83.9 Å². The van der Waals surface area contributed by atoms with Crippen LogP contribution in [0.2, 0.25) is 0 Å². The van der Waals surface area contributed by atoms with Crippen LogP contribution in [0.5, 0.6) is 5.75 Å². The summed E-state index contributed by atoms with van der Waals surface area (Å²) in [7, 11) is 0. The SMILES string of the molecule is O=C1NC(=O)c2c1c1c3ccccc3n3c1c1c2c2ccccc2n1CC(OC(=O)N1CCN(c2ccc(O)cc2)CC1)CC3. The first-order chi connectivity index (χ1) is 22.0. The summed E-state index contributed by atoms with van der Waals surface area (Å²) >= 11 is 0. The average Bonchev–Trinajstić information content (AvgIpc) is 3.65. The summed E-state index contributed by atoms with van der Waals surface area (Å²) in [5, 5.41) is 15.6. The second kappa shape index (κ2) is 9.49. The van der Waals surface area contributed by atoms with Crippen molar-refractivity contribution in [3.8, 4) is 5.75 Å². The molecule has 224 valence electrons. The Morgan fingerprint density at radius 1 is 0.733 bits per heavy atom. The van der Waals surface area contributed by atoms with Gasteiger partial charge < -0.3 is 28.8 Å². The lowest BCUT2D eigenvalue weighted by Crippen LogP contribution is -2.49. The molecule has 3 aliphatic rings. The van der Waals surface area contributed by atoms with E-state index in [1.165, 1.54) is 0 Å². The molecule has 4 aromatic carbocycles. The van der Waals surface area contributed by atoms with Gasteiger partial charge in [-0.25, -0.2) is 4.79 Å². The van der Waals surface area contributed by atoms with Crippen LogP contribution >= 0.6 is 0 Å². The molecule has 1 saturated heterocycles. The Balaban J connectivity index is 1.13. The Morgan fingerprint density at radius 2 is 1.31 bits per heavy atom. The zero-order valence-electron chi connectivity index (χ0n) is 24.3. The number of anilines is 1. The van der Waals surface area contributed by atoms with E-state index >= 15 is 0 Å². The highest BCUT2D eigenvalue weighted by Gasteiger charge is 2.38. The normalized spacial score (nSPS) is 18.2. The molecule has 0 spiro atoms. The summed E-state index contributed by atoms with van der Waals surface area (Å²) in [6.45, 7) is 3.41. The number of rotatable bonds is 2. The molecule has 0 radical (unpaired) electrons. The van der Waals surface area contributed by atoms with Gasteiger partial charge >= 0.3 is 6.09 Å². The predicted octanol–water partition coefficient (Wildman–Crippen LogP) is 5.22. The van der Waals surface area contributed by atoms with E-state index < -0.39 is 6.10 Å². The molecular weight excluding hydrogens is 570 g/mol. The molecule has 10 heteroatoms. The lowest BCUT2D eigenvalue weighted by molar-refractivity contribution is 0.0487. The third kappa shape index (κ3) is 3.71. The van der Waals surface area contributed by atoms with Crippen molar-refractivity contribution in [2.24, 2.45) is 0 Å². The minimum absolute atomic E-state index is 0.227. The van der Waals surface area contributed by atoms with Gasteiger partial charge in [0.1, 0.15) is 11.9 Å². The van der Waals surface area contributed by atoms with Gasteiger partial charge in [-0.15, -0.1) is 0 Å². The molecule has 5 heterocycles. The van der Waals surface area contributed by atoms with Gasteiger partial charge in [-0.3, -0.25) is 14.9 Å². The van der Waals surface area contributed by atoms with Gasteiger partial charge in [-0.05, 0) is 36.4 Å². The van der Waals surface area contributed by atoms with Crippen LogP contribution in [0.3, 0.4) is 0 Å². The number of phenols is 1. The van der Waals surface area contributed by atoms with Crippen LogP contribution in [-0.4, -0.2) is 69.3 Å². The first kappa shape index (κ1) is 25.9. The summed E-state index contributed by atoms with van der Waals surface area (Å²) in [6.07, 6.45) is -0.164. The second-order valence-corrected chi connectivity index (χ2v) is 12.1. The molecule has 1 atom stereocenters. The first-order valence-electron chi connectivity index (χ1n) is 15.3. The number of imide groups is 1. The first-order valence-corrected chi connectivity index (χ1v) is 15.3. The van der Waals surface area contributed by atoms with Gasteiger partial charge in [0.25, 0.3) is 11.8 Å². The van der Waals surface area contributed by atoms with Crippen molar-refractivity contribution in [1.82, 2.24) is 19.4 Å². The van der Waals surface area contributed by atoms with Crippen LogP contribution in [0.4, 0.5) is 10.5 Å². The van der Waals surface area contributed by atoms with Gasteiger partial charge in [-0.2, -0.15) is 0 Å². The number of benzene rings is 4. The number of para-hydroxylation sites is 2. The Kier molecular flexibility index (Phi) is 5.47. The molecule has 3 amide bonds. The number of ether oxygens (including phenoxy) is 1. The fourth-order valence-electron chi connectivity index (χ4n) is 7.65. The van der Waals surface area contributed by atoms with Crippen molar-refractivity contribution in [2.75, 3.05) is 31.1 Å². The third-order valence-corrected chi connectivity index (χ3v) is 9.68. The number of aryl methyl sites for hydroxylation is 1. The zero-order valence-corrected chi connectivity index (χ0v) is 24.3. The van der Waals surface area contributed by atoms with E-state index in [2.05, 4.69) is 19.4 Å². The number of hydrogen-bond donors (Lipinski definition) is 2. The maximum Gasteiger partial charge on any atom is 0.410 e. The molecule has 0 aliphatic carbocycles. The molecule has 0 bridgehead atoms. The Labute approximate surface area is 257 Å². The van der Waals surface area contributed by atoms with Crippen molar-refractivity contribution in [2.45, 2.75) is 25.6 Å². The molecule has 3 aliphatic heterocycles. The number of carbonyl (C=O) groups is 3. The number of aromatic hydroxyl groups is 1. The van der Waals surface area contributed by atoms with Crippen molar-refractivity contribution < 1.29 is 24.2 Å². The number of phenolic OH excluding ortho intramolecular Hbond substituents is 1. The van der Waals surface area contributed by atoms with E-state index in [0.717, 1.165) is 49.3 Å². The number of carbonyl (C=O) groups excluding carboxylic acids is 3. The van der Waals surface area contributed by atoms with E-state index in [4.69, 9.17) is 4.74 Å². The van der Waals surface area contributed by atoms with Crippen molar-refractivity contribution >= 4 is 67.2 Å². The van der Waals surface area contributed by atoms with Crippen LogP contribution in [0.15, 0.2) is 72.8 Å². The summed E-state index contributed by atoms with van der Waals surface area (Å²) in [5.74, 6) is -0.519. The lowest BCUT2D eigenvalue weighted by Gasteiger charge is -2.36. The van der Waals surface area contributed by atoms with E-state index in [0.29, 0.717) is 56.8 Å². The number of amides is 3. The number of aromatic nitrogens is 2. The van der Waals surface area contributed by atoms with Gasteiger partial charge in [-0.1, -0.05) is 36.4 Å². The van der Waals surface area contributed by atoms with Crippen LogP contribution in [0.1, 0.15) is 27.1 Å². The largest absolute Gasteiger partial charge is 0.508 e. The molecule has 0 saturated carbocycles. The van der Waals surface area contributed by atoms with E-state index in [1.807, 2.05) is 60.7 Å². The monoisotopic (exact) mass is 599 g/mol. The number of nitrogens with zero attached hydrogens (tertiary/aromatic N) is 4. The predicted molar refractivity (Wildman–Crippen MR) is 171 cm³/mol. The fourth-order valence-corrected chi connectivity index (χ4v) is 7.65. The van der Waals surface area contributed by atoms with E-state index in [1.54, 1.807) is 17.0 Å². The van der Waals surface area contributed by atoms with E-state index in [9.17, 15) is 19.5 Å². The molecule has 2 aromatic heterocycles. The maximum atomic E-state index is 13.6. The Morgan fingerprint density at radius 3 is 1.96 bits per heavy atom. The number of fused-ring (bicyclic) bond motifs is 9. The summed E-state index contributed by atoms with van der Waals surface area (Å²) < 4.78 is 10.7. The minimum Gasteiger partial charge on any atom is -0.508 e. The average molecular weight is 600 g/mol. The van der Waals surface area contributed by atoms with Gasteiger partial charge in [0, 0.05) is 77.4 Å². The topological polar surface area (TPSA) is 109 Å². The highest BCUT2D eigenvalue weighted by molar-refractivity contribution is 6.39. The van der Waals surface area contributed by atoms with E-state index in [-0.39, 0.29) is 23.7 Å². The molecule has 6 aromatic rings. The third-order valence-electron chi connectivity index (χ3n) is 9.68. The molecule has 9 rings (SSSR count). The van der Waals surface area contributed by atoms with Crippen LogP contribution in [0.25, 0.3) is 43.6 Å². The summed E-state index contributed by atoms with van der Waals surface area (Å²) in [4.78, 5) is 44.2. The standard InChI is InChI=1S/C35H29N5O5/c41-21-11-9-20(10-12-21)37-15-17-38(18-16-37)35(44)45-22-13-14-39-25-7-3-1-5-23(25)27-29-30(34(43)36-33(29)42)28-24-6-2-4-8-26(24)40(19-22)32(28)31(27)39/h1-12,22,41H,13-19H2,(H,36,42,43). The maximum absolute atomic E-state index is 13.6. The second-order valence-electron chi connectivity index (χ2n) is 12.1. The number of piperazine rings is 1. The molecule has 45 heavy (non-hydrogen) atoms. The molecule has 2 N–H and O–H groups in total. The smallest absolute Gasteiger partial charge is 0.410 e. The minimum atomic E-state index is -0.417. The lowest BCUT2D eigenvalue weighted by atomic mass is 9.96. The fraction of sp³-hybridized carbons (Fsp3) is 0.229. The Bertz CT molecular complexity index is 2240. The zero-order chi connectivity index (χ0) is 30.4. The number of hydrogen-bond acceptors (Lipinski definition) is 6. The Hall–Kier alpha value is -5.51. The van der Waals surface area contributed by atoms with Crippen molar-refractivity contribution in [1.29, 1.82) is 0 Å². The van der Waals surface area contributed by atoms with Gasteiger partial charge in [0.2, 0.25) is 0 Å². The molecule has 1 fully saturated rings. The van der Waals surface area contributed by atoms with Crippen LogP contribution in [-0.2, 0) is 17.8 Å². The molecular formula is C35H29N5O5. The summed E-state index contributed by atoms with van der Waals surface area (Å²) in [6, 6.07) is 23.0. The highest BCUT2D eigenvalue weighted by Crippen LogP contribution is 2.45. The quantitative estimate of drug-likeness (QED) is 0.264. The molecule has 10 nitrogen and oxygen atoms in total. The van der Waals surface area contributed by atoms with Crippen LogP contribution < -0.4 is 10.2 Å². The van der Waals surface area contributed by atoms with Gasteiger partial charge in [0.05, 0.1) is 28.7 Å². The van der Waals surface area contributed by atoms with Gasteiger partial charge in [0.15, 0.2) is 0 Å². The number of nitrogens with one attached hydrogen (secondary N) is 1.